The standard InChI is InChI=1S/C17H18Cl2N2O5S2/c18-16-2-1-3-17(19)15(16)12-27(22,23)20-13-4-6-14(7-5-13)28(24,25)21-8-10-26-11-9-21/h1-7,20H,8-12H2. The monoisotopic (exact) mass is 464 g/mol. The Hall–Kier alpha value is -1.36. The first-order valence-corrected chi connectivity index (χ1v) is 12.2. The van der Waals surface area contributed by atoms with E-state index < -0.39 is 25.8 Å². The van der Waals surface area contributed by atoms with Crippen LogP contribution in [0, 0.1) is 0 Å². The molecule has 0 atom stereocenters. The first-order valence-electron chi connectivity index (χ1n) is 8.30. The lowest BCUT2D eigenvalue weighted by Gasteiger charge is -2.26. The van der Waals surface area contributed by atoms with Crippen molar-refractivity contribution >= 4 is 48.9 Å². The van der Waals surface area contributed by atoms with E-state index in [-0.39, 0.29) is 33.7 Å². The van der Waals surface area contributed by atoms with E-state index in [1.54, 1.807) is 18.2 Å². The number of ether oxygens (including phenoxy) is 1. The number of sulfonamides is 2. The molecule has 1 saturated heterocycles. The van der Waals surface area contributed by atoms with Gasteiger partial charge in [-0.15, -0.1) is 0 Å². The predicted octanol–water partition coefficient (Wildman–Crippen LogP) is 2.96. The third-order valence-electron chi connectivity index (χ3n) is 4.13. The van der Waals surface area contributed by atoms with Crippen LogP contribution < -0.4 is 4.72 Å². The number of morpholine rings is 1. The number of hydrogen-bond acceptors (Lipinski definition) is 5. The van der Waals surface area contributed by atoms with Crippen molar-refractivity contribution in [1.29, 1.82) is 0 Å². The molecule has 152 valence electrons. The number of anilines is 1. The third kappa shape index (κ3) is 4.97. The molecule has 2 aromatic carbocycles. The van der Waals surface area contributed by atoms with Crippen LogP contribution in [0.3, 0.4) is 0 Å². The maximum absolute atomic E-state index is 12.6. The first-order chi connectivity index (χ1) is 13.2. The molecule has 0 aliphatic carbocycles. The van der Waals surface area contributed by atoms with Gasteiger partial charge in [-0.05, 0) is 36.4 Å². The zero-order valence-electron chi connectivity index (χ0n) is 14.6. The Kier molecular flexibility index (Phi) is 6.53. The summed E-state index contributed by atoms with van der Waals surface area (Å²) in [7, 11) is -7.44. The van der Waals surface area contributed by atoms with Crippen molar-refractivity contribution in [2.45, 2.75) is 10.6 Å². The van der Waals surface area contributed by atoms with Crippen LogP contribution in [0.4, 0.5) is 5.69 Å². The number of halogens is 2. The fourth-order valence-electron chi connectivity index (χ4n) is 2.71. The zero-order chi connectivity index (χ0) is 20.4. The lowest BCUT2D eigenvalue weighted by atomic mass is 10.2. The highest BCUT2D eigenvalue weighted by molar-refractivity contribution is 7.92. The number of nitrogens with one attached hydrogen (secondary N) is 1. The predicted molar refractivity (Wildman–Crippen MR) is 109 cm³/mol. The maximum atomic E-state index is 12.6. The highest BCUT2D eigenvalue weighted by Gasteiger charge is 2.26. The minimum atomic E-state index is -3.80. The van der Waals surface area contributed by atoms with Crippen molar-refractivity contribution in [2.75, 3.05) is 31.0 Å². The molecule has 2 aromatic rings. The number of rotatable bonds is 6. The van der Waals surface area contributed by atoms with E-state index in [0.29, 0.717) is 18.8 Å². The minimum Gasteiger partial charge on any atom is -0.379 e. The Bertz CT molecular complexity index is 1030. The molecule has 0 amide bonds. The van der Waals surface area contributed by atoms with Gasteiger partial charge >= 0.3 is 0 Å². The lowest BCUT2D eigenvalue weighted by Crippen LogP contribution is -2.40. The number of hydrogen-bond donors (Lipinski definition) is 1. The second-order valence-electron chi connectivity index (χ2n) is 6.10. The molecule has 1 aliphatic rings. The van der Waals surface area contributed by atoms with Crippen LogP contribution in [-0.2, 0) is 30.5 Å². The Morgan fingerprint density at radius 1 is 0.929 bits per heavy atom. The molecule has 1 N–H and O–H groups in total. The summed E-state index contributed by atoms with van der Waals surface area (Å²) in [5.74, 6) is -0.403. The van der Waals surface area contributed by atoms with Gasteiger partial charge in [0.25, 0.3) is 0 Å². The quantitative estimate of drug-likeness (QED) is 0.708. The van der Waals surface area contributed by atoms with Gasteiger partial charge in [0.1, 0.15) is 0 Å². The smallest absolute Gasteiger partial charge is 0.243 e. The van der Waals surface area contributed by atoms with Crippen LogP contribution >= 0.6 is 23.2 Å². The van der Waals surface area contributed by atoms with E-state index in [1.165, 1.54) is 28.6 Å². The second-order valence-corrected chi connectivity index (χ2v) is 10.6. The summed E-state index contributed by atoms with van der Waals surface area (Å²) in [5, 5.41) is 0.509. The lowest BCUT2D eigenvalue weighted by molar-refractivity contribution is 0.0730. The molecule has 0 bridgehead atoms. The Morgan fingerprint density at radius 3 is 2.07 bits per heavy atom. The van der Waals surface area contributed by atoms with E-state index in [4.69, 9.17) is 27.9 Å². The molecule has 0 radical (unpaired) electrons. The fourth-order valence-corrected chi connectivity index (χ4v) is 6.06. The molecule has 0 aromatic heterocycles. The van der Waals surface area contributed by atoms with Crippen LogP contribution in [0.15, 0.2) is 47.4 Å². The molecule has 1 fully saturated rings. The average Bonchev–Trinajstić information content (AvgIpc) is 2.66. The van der Waals surface area contributed by atoms with Crippen molar-refractivity contribution in [1.82, 2.24) is 4.31 Å². The van der Waals surface area contributed by atoms with Gasteiger partial charge in [0.05, 0.1) is 23.9 Å². The van der Waals surface area contributed by atoms with Gasteiger partial charge in [-0.1, -0.05) is 29.3 Å². The number of nitrogens with zero attached hydrogens (tertiary/aromatic N) is 1. The average molecular weight is 465 g/mol. The summed E-state index contributed by atoms with van der Waals surface area (Å²) in [6.07, 6.45) is 0. The Morgan fingerprint density at radius 2 is 1.50 bits per heavy atom. The van der Waals surface area contributed by atoms with Crippen LogP contribution in [0.1, 0.15) is 5.56 Å². The molecule has 3 rings (SSSR count). The van der Waals surface area contributed by atoms with Crippen molar-refractivity contribution in [3.05, 3.63) is 58.1 Å². The molecule has 1 aliphatic heterocycles. The van der Waals surface area contributed by atoms with E-state index in [2.05, 4.69) is 4.72 Å². The molecule has 11 heteroatoms. The van der Waals surface area contributed by atoms with E-state index in [9.17, 15) is 16.8 Å². The summed E-state index contributed by atoms with van der Waals surface area (Å²) in [5.41, 5.74) is 0.536. The van der Waals surface area contributed by atoms with Crippen LogP contribution in [0.25, 0.3) is 0 Å². The van der Waals surface area contributed by atoms with Gasteiger partial charge in [-0.25, -0.2) is 16.8 Å². The topological polar surface area (TPSA) is 92.8 Å². The highest BCUT2D eigenvalue weighted by Crippen LogP contribution is 2.27. The van der Waals surface area contributed by atoms with E-state index in [1.807, 2.05) is 0 Å². The van der Waals surface area contributed by atoms with Crippen molar-refractivity contribution < 1.29 is 21.6 Å². The Balaban J connectivity index is 1.75. The molecular weight excluding hydrogens is 447 g/mol. The molecule has 28 heavy (non-hydrogen) atoms. The summed E-state index contributed by atoms with van der Waals surface area (Å²) < 4.78 is 59.0. The van der Waals surface area contributed by atoms with E-state index >= 15 is 0 Å². The van der Waals surface area contributed by atoms with Crippen molar-refractivity contribution in [3.63, 3.8) is 0 Å². The van der Waals surface area contributed by atoms with Gasteiger partial charge in [0, 0.05) is 34.4 Å². The molecule has 1 heterocycles. The first kappa shape index (κ1) is 21.4. The van der Waals surface area contributed by atoms with Crippen molar-refractivity contribution in [3.8, 4) is 0 Å². The third-order valence-corrected chi connectivity index (χ3v) is 7.97. The van der Waals surface area contributed by atoms with Gasteiger partial charge in [-0.3, -0.25) is 4.72 Å². The minimum absolute atomic E-state index is 0.0893. The summed E-state index contributed by atoms with van der Waals surface area (Å²) in [6.45, 7) is 1.27. The molecular formula is C17H18Cl2N2O5S2. The molecule has 0 spiro atoms. The van der Waals surface area contributed by atoms with Crippen LogP contribution in [-0.4, -0.2) is 47.4 Å². The number of benzene rings is 2. The van der Waals surface area contributed by atoms with Gasteiger partial charge < -0.3 is 4.74 Å². The zero-order valence-corrected chi connectivity index (χ0v) is 17.8. The van der Waals surface area contributed by atoms with Gasteiger partial charge in [0.15, 0.2) is 0 Å². The normalized spacial score (nSPS) is 16.1. The van der Waals surface area contributed by atoms with Gasteiger partial charge in [0.2, 0.25) is 20.0 Å². The molecule has 7 nitrogen and oxygen atoms in total. The summed E-state index contributed by atoms with van der Waals surface area (Å²) >= 11 is 12.1. The molecule has 0 saturated carbocycles. The SMILES string of the molecule is O=S(=O)(Cc1c(Cl)cccc1Cl)Nc1ccc(S(=O)(=O)N2CCOCC2)cc1. The van der Waals surface area contributed by atoms with Gasteiger partial charge in [-0.2, -0.15) is 4.31 Å². The Labute approximate surface area is 174 Å². The van der Waals surface area contributed by atoms with Crippen LogP contribution in [0.5, 0.6) is 0 Å². The fraction of sp³-hybridized carbons (Fsp3) is 0.294. The second kappa shape index (κ2) is 8.56. The largest absolute Gasteiger partial charge is 0.379 e. The van der Waals surface area contributed by atoms with Crippen LogP contribution in [0.2, 0.25) is 10.0 Å². The maximum Gasteiger partial charge on any atom is 0.243 e. The van der Waals surface area contributed by atoms with E-state index in [0.717, 1.165) is 0 Å². The summed E-state index contributed by atoms with van der Waals surface area (Å²) in [6, 6.07) is 10.3. The summed E-state index contributed by atoms with van der Waals surface area (Å²) in [4.78, 5) is 0.0893. The highest BCUT2D eigenvalue weighted by atomic mass is 35.5. The molecule has 0 unspecified atom stereocenters. The van der Waals surface area contributed by atoms with Crippen molar-refractivity contribution in [2.24, 2.45) is 0 Å².